The van der Waals surface area contributed by atoms with E-state index in [4.69, 9.17) is 23.7 Å². The lowest BCUT2D eigenvalue weighted by Gasteiger charge is -2.43. The van der Waals surface area contributed by atoms with Crippen molar-refractivity contribution in [1.29, 1.82) is 0 Å². The predicted octanol–water partition coefficient (Wildman–Crippen LogP) is 0.390. The van der Waals surface area contributed by atoms with Crippen LogP contribution in [0.15, 0.2) is 0 Å². The third-order valence-corrected chi connectivity index (χ3v) is 3.72. The monoisotopic (exact) mass is 364 g/mol. The Morgan fingerprint density at radius 2 is 1.12 bits per heavy atom. The summed E-state index contributed by atoms with van der Waals surface area (Å²) in [6, 6.07) is 0. The second kappa shape index (κ2) is 8.88. The second-order valence-electron chi connectivity index (χ2n) is 4.94. The average Bonchev–Trinajstić information content (AvgIpc) is 2.42. The van der Waals surface area contributed by atoms with Gasteiger partial charge in [0.15, 0.2) is 12.2 Å². The Labute approximate surface area is 143 Å². The summed E-state index contributed by atoms with van der Waals surface area (Å²) in [6.45, 7) is 4.62. The van der Waals surface area contributed by atoms with Gasteiger partial charge >= 0.3 is 23.9 Å². The molecule has 0 radical (unpaired) electrons. The topological polar surface area (TPSA) is 114 Å². The number of ether oxygens (including phenoxy) is 5. The van der Waals surface area contributed by atoms with Gasteiger partial charge in [-0.3, -0.25) is 19.2 Å². The van der Waals surface area contributed by atoms with E-state index in [9.17, 15) is 19.2 Å². The molecule has 0 aromatic rings. The lowest BCUT2D eigenvalue weighted by Crippen LogP contribution is -2.61. The first-order valence-electron chi connectivity index (χ1n) is 7.02. The van der Waals surface area contributed by atoms with E-state index >= 15 is 0 Å². The minimum Gasteiger partial charge on any atom is -0.455 e. The molecule has 5 unspecified atom stereocenters. The lowest BCUT2D eigenvalue weighted by atomic mass is 10.0. The molecule has 0 aromatic heterocycles. The van der Waals surface area contributed by atoms with Crippen LogP contribution in [-0.2, 0) is 42.9 Å². The van der Waals surface area contributed by atoms with Crippen molar-refractivity contribution in [3.8, 4) is 0 Å². The van der Waals surface area contributed by atoms with Crippen molar-refractivity contribution in [2.24, 2.45) is 0 Å². The van der Waals surface area contributed by atoms with Crippen LogP contribution >= 0.6 is 11.8 Å². The number of thioether (sulfide) groups is 1. The van der Waals surface area contributed by atoms with Gasteiger partial charge in [-0.1, -0.05) is 0 Å². The van der Waals surface area contributed by atoms with Gasteiger partial charge in [0.05, 0.1) is 0 Å². The first-order chi connectivity index (χ1) is 11.1. The van der Waals surface area contributed by atoms with Gasteiger partial charge in [-0.05, 0) is 6.26 Å². The molecule has 0 amide bonds. The van der Waals surface area contributed by atoms with Crippen LogP contribution in [0, 0.1) is 0 Å². The van der Waals surface area contributed by atoms with Crippen LogP contribution in [0.1, 0.15) is 27.7 Å². The maximum Gasteiger partial charge on any atom is 0.305 e. The number of esters is 4. The van der Waals surface area contributed by atoms with Crippen molar-refractivity contribution < 1.29 is 42.9 Å². The van der Waals surface area contributed by atoms with Crippen LogP contribution in [-0.4, -0.2) is 60.2 Å². The molecule has 9 nitrogen and oxygen atoms in total. The van der Waals surface area contributed by atoms with Crippen LogP contribution < -0.4 is 0 Å². The van der Waals surface area contributed by atoms with Crippen LogP contribution in [0.4, 0.5) is 0 Å². The van der Waals surface area contributed by atoms with E-state index in [2.05, 4.69) is 0 Å². The average molecular weight is 364 g/mol. The molecule has 5 atom stereocenters. The molecule has 1 aliphatic heterocycles. The Morgan fingerprint density at radius 1 is 0.708 bits per heavy atom. The molecular formula is C14H20O9S. The standard InChI is InChI=1S/C14H20O9S/c1-6(15)19-10-11(20-7(2)16)13(22-9(4)18)23-14(24-5)12(10)21-8(3)17/h10-14H,1-5H3. The summed E-state index contributed by atoms with van der Waals surface area (Å²) >= 11 is 1.16. The third-order valence-electron chi connectivity index (χ3n) is 2.87. The Balaban J connectivity index is 3.23. The number of hydrogen-bond acceptors (Lipinski definition) is 10. The summed E-state index contributed by atoms with van der Waals surface area (Å²) in [5.41, 5.74) is -0.797. The highest BCUT2D eigenvalue weighted by atomic mass is 32.2. The first kappa shape index (κ1) is 20.2. The molecule has 1 aliphatic rings. The molecule has 1 rings (SSSR count). The molecular weight excluding hydrogens is 344 g/mol. The van der Waals surface area contributed by atoms with Crippen molar-refractivity contribution in [3.05, 3.63) is 0 Å². The fourth-order valence-corrected chi connectivity index (χ4v) is 2.89. The maximum atomic E-state index is 11.4. The quantitative estimate of drug-likeness (QED) is 0.501. The zero-order valence-electron chi connectivity index (χ0n) is 14.0. The number of rotatable bonds is 5. The molecule has 136 valence electrons. The van der Waals surface area contributed by atoms with E-state index in [-0.39, 0.29) is 0 Å². The zero-order chi connectivity index (χ0) is 18.4. The molecule has 1 saturated heterocycles. The van der Waals surface area contributed by atoms with Crippen molar-refractivity contribution in [3.63, 3.8) is 0 Å². The normalized spacial score (nSPS) is 29.3. The number of carbonyl (C=O) groups excluding carboxylic acids is 4. The summed E-state index contributed by atoms with van der Waals surface area (Å²) in [7, 11) is 0. The second-order valence-corrected chi connectivity index (χ2v) is 5.88. The van der Waals surface area contributed by atoms with Crippen LogP contribution in [0.5, 0.6) is 0 Å². The highest BCUT2D eigenvalue weighted by molar-refractivity contribution is 7.99. The molecule has 0 aromatic carbocycles. The van der Waals surface area contributed by atoms with E-state index in [1.54, 1.807) is 6.26 Å². The number of hydrogen-bond donors (Lipinski definition) is 0. The molecule has 1 fully saturated rings. The van der Waals surface area contributed by atoms with Gasteiger partial charge in [-0.15, -0.1) is 11.8 Å². The molecule has 1 heterocycles. The van der Waals surface area contributed by atoms with E-state index in [1.165, 1.54) is 6.92 Å². The SMILES string of the molecule is CSC1OC(OC(C)=O)C(OC(C)=O)C(OC(C)=O)C1OC(C)=O. The molecule has 0 saturated carbocycles. The Bertz CT molecular complexity index is 506. The minimum absolute atomic E-state index is 0.632. The largest absolute Gasteiger partial charge is 0.455 e. The van der Waals surface area contributed by atoms with Crippen LogP contribution in [0.3, 0.4) is 0 Å². The third kappa shape index (κ3) is 5.68. The highest BCUT2D eigenvalue weighted by Gasteiger charge is 2.53. The van der Waals surface area contributed by atoms with Gasteiger partial charge in [0.2, 0.25) is 12.4 Å². The van der Waals surface area contributed by atoms with Gasteiger partial charge in [0.25, 0.3) is 0 Å². The fourth-order valence-electron chi connectivity index (χ4n) is 2.19. The summed E-state index contributed by atoms with van der Waals surface area (Å²) in [6.07, 6.45) is -3.14. The summed E-state index contributed by atoms with van der Waals surface area (Å²) in [5, 5.41) is 0. The minimum atomic E-state index is -1.31. The van der Waals surface area contributed by atoms with Gasteiger partial charge in [-0.2, -0.15) is 0 Å². The maximum absolute atomic E-state index is 11.4. The van der Waals surface area contributed by atoms with E-state index in [0.717, 1.165) is 32.5 Å². The summed E-state index contributed by atoms with van der Waals surface area (Å²) in [5.74, 6) is -2.70. The van der Waals surface area contributed by atoms with Crippen molar-refractivity contribution in [1.82, 2.24) is 0 Å². The number of carbonyl (C=O) groups is 4. The first-order valence-corrected chi connectivity index (χ1v) is 8.31. The summed E-state index contributed by atoms with van der Waals surface area (Å²) < 4.78 is 26.0. The zero-order valence-corrected chi connectivity index (χ0v) is 14.8. The fraction of sp³-hybridized carbons (Fsp3) is 0.714. The van der Waals surface area contributed by atoms with Gasteiger partial charge in [0.1, 0.15) is 5.44 Å². The van der Waals surface area contributed by atoms with E-state index in [1.807, 2.05) is 0 Å². The highest BCUT2D eigenvalue weighted by Crippen LogP contribution is 2.33. The molecule has 24 heavy (non-hydrogen) atoms. The smallest absolute Gasteiger partial charge is 0.305 e. The Kier molecular flexibility index (Phi) is 7.49. The van der Waals surface area contributed by atoms with Gasteiger partial charge in [0, 0.05) is 27.7 Å². The molecule has 0 spiro atoms. The molecule has 0 N–H and O–H groups in total. The Hall–Kier alpha value is -1.81. The molecule has 0 bridgehead atoms. The van der Waals surface area contributed by atoms with Crippen molar-refractivity contribution >= 4 is 35.6 Å². The van der Waals surface area contributed by atoms with Gasteiger partial charge in [-0.25, -0.2) is 0 Å². The predicted molar refractivity (Wildman–Crippen MR) is 80.6 cm³/mol. The Morgan fingerprint density at radius 3 is 1.54 bits per heavy atom. The van der Waals surface area contributed by atoms with Crippen LogP contribution in [0.25, 0.3) is 0 Å². The van der Waals surface area contributed by atoms with Gasteiger partial charge < -0.3 is 23.7 Å². The van der Waals surface area contributed by atoms with E-state index < -0.39 is 53.9 Å². The molecule has 0 aliphatic carbocycles. The van der Waals surface area contributed by atoms with Crippen LogP contribution in [0.2, 0.25) is 0 Å². The lowest BCUT2D eigenvalue weighted by molar-refractivity contribution is -0.280. The van der Waals surface area contributed by atoms with Crippen molar-refractivity contribution in [2.75, 3.05) is 6.26 Å². The van der Waals surface area contributed by atoms with E-state index in [0.29, 0.717) is 0 Å². The summed E-state index contributed by atoms with van der Waals surface area (Å²) in [4.78, 5) is 45.5. The molecule has 10 heteroatoms. The van der Waals surface area contributed by atoms with Crippen molar-refractivity contribution in [2.45, 2.75) is 57.7 Å².